The van der Waals surface area contributed by atoms with E-state index < -0.39 is 37.7 Å². The second-order valence-electron chi connectivity index (χ2n) is 4.56. The van der Waals surface area contributed by atoms with Crippen molar-refractivity contribution in [1.82, 2.24) is 10.9 Å². The summed E-state index contributed by atoms with van der Waals surface area (Å²) in [5.41, 5.74) is 4.36. The number of halogens is 6. The third kappa shape index (κ3) is 1.23. The van der Waals surface area contributed by atoms with Crippen LogP contribution < -0.4 is 10.9 Å². The van der Waals surface area contributed by atoms with Crippen LogP contribution in [0.25, 0.3) is 0 Å². The van der Waals surface area contributed by atoms with Crippen LogP contribution in [-0.2, 0) is 9.59 Å². The van der Waals surface area contributed by atoms with Crippen LogP contribution in [-0.4, -0.2) is 25.9 Å². The molecule has 0 aromatic rings. The Labute approximate surface area is 137 Å². The molecule has 1 saturated heterocycles. The molecule has 4 atom stereocenters. The van der Waals surface area contributed by atoms with Crippen LogP contribution in [0.5, 0.6) is 0 Å². The Balaban J connectivity index is 2.35. The first-order valence-electron chi connectivity index (χ1n) is 5.03. The lowest BCUT2D eigenvalue weighted by Gasteiger charge is -2.37. The molecular formula is C9H4Cl6N2O2. The Morgan fingerprint density at radius 2 is 1.11 bits per heavy atom. The van der Waals surface area contributed by atoms with Gasteiger partial charge in [-0.1, -0.05) is 46.4 Å². The number of allylic oxidation sites excluding steroid dienone is 2. The van der Waals surface area contributed by atoms with Crippen molar-refractivity contribution >= 4 is 81.4 Å². The molecule has 4 unspecified atom stereocenters. The number of fused-ring (bicyclic) bond motifs is 5. The van der Waals surface area contributed by atoms with Gasteiger partial charge < -0.3 is 0 Å². The molecule has 2 bridgehead atoms. The average Bonchev–Trinajstić information content (AvgIpc) is 2.55. The van der Waals surface area contributed by atoms with Gasteiger partial charge in [-0.25, -0.2) is 0 Å². The molecule has 3 aliphatic rings. The number of carbonyl (C=O) groups is 2. The minimum absolute atomic E-state index is 0.109. The quantitative estimate of drug-likeness (QED) is 0.629. The summed E-state index contributed by atoms with van der Waals surface area (Å²) in [6.07, 6.45) is 0. The number of rotatable bonds is 0. The van der Waals surface area contributed by atoms with E-state index in [0.29, 0.717) is 0 Å². The minimum atomic E-state index is -1.90. The Hall–Kier alpha value is 0.420. The molecule has 2 amide bonds. The maximum atomic E-state index is 12.0. The van der Waals surface area contributed by atoms with Gasteiger partial charge in [0, 0.05) is 0 Å². The van der Waals surface area contributed by atoms with Gasteiger partial charge in [0.05, 0.1) is 21.9 Å². The highest BCUT2D eigenvalue weighted by Gasteiger charge is 2.85. The van der Waals surface area contributed by atoms with E-state index in [1.165, 1.54) is 0 Å². The predicted octanol–water partition coefficient (Wildman–Crippen LogP) is 2.23. The molecule has 3 rings (SSSR count). The summed E-state index contributed by atoms with van der Waals surface area (Å²) in [4.78, 5) is 20.5. The summed E-state index contributed by atoms with van der Waals surface area (Å²) in [5, 5.41) is -0.219. The summed E-state index contributed by atoms with van der Waals surface area (Å²) in [6, 6.07) is 0. The molecule has 2 aliphatic carbocycles. The monoisotopic (exact) mass is 382 g/mol. The number of hydrogen-bond acceptors (Lipinski definition) is 2. The second-order valence-corrected chi connectivity index (χ2v) is 7.84. The van der Waals surface area contributed by atoms with Crippen molar-refractivity contribution in [1.29, 1.82) is 0 Å². The molecule has 1 heterocycles. The molecule has 19 heavy (non-hydrogen) atoms. The standard InChI is InChI=1S/C9H4Cl6N2O2/c10-3-4(11)8(13)2-1(5(18)16-17-6(2)19)7(3,12)9(8,14)15/h1-2H,(H,16,18)(H,17,19). The number of hydrogen-bond donors (Lipinski definition) is 2. The van der Waals surface area contributed by atoms with Crippen LogP contribution in [0, 0.1) is 11.8 Å². The first-order chi connectivity index (χ1) is 8.61. The lowest BCUT2D eigenvalue weighted by atomic mass is 9.80. The van der Waals surface area contributed by atoms with E-state index in [1.807, 2.05) is 0 Å². The molecule has 1 aliphatic heterocycles. The molecule has 1 saturated carbocycles. The largest absolute Gasteiger partial charge is 0.273 e. The smallest absolute Gasteiger partial charge is 0.244 e. The molecule has 2 fully saturated rings. The van der Waals surface area contributed by atoms with Crippen LogP contribution in [0.3, 0.4) is 0 Å². The summed E-state index contributed by atoms with van der Waals surface area (Å²) in [5.74, 6) is -3.36. The van der Waals surface area contributed by atoms with Gasteiger partial charge in [-0.15, -0.1) is 23.2 Å². The Kier molecular flexibility index (Phi) is 2.86. The molecule has 10 heteroatoms. The average molecular weight is 385 g/mol. The van der Waals surface area contributed by atoms with E-state index in [0.717, 1.165) is 0 Å². The van der Waals surface area contributed by atoms with Crippen LogP contribution in [0.2, 0.25) is 0 Å². The second kappa shape index (κ2) is 3.79. The molecule has 0 spiro atoms. The highest BCUT2D eigenvalue weighted by Crippen LogP contribution is 2.76. The van der Waals surface area contributed by atoms with Crippen molar-refractivity contribution < 1.29 is 9.59 Å². The molecule has 0 aromatic heterocycles. The molecule has 104 valence electrons. The highest BCUT2D eigenvalue weighted by molar-refractivity contribution is 6.66. The molecule has 4 nitrogen and oxygen atoms in total. The molecule has 2 N–H and O–H groups in total. The van der Waals surface area contributed by atoms with E-state index in [2.05, 4.69) is 10.9 Å². The van der Waals surface area contributed by atoms with Crippen molar-refractivity contribution in [3.63, 3.8) is 0 Å². The van der Waals surface area contributed by atoms with Gasteiger partial charge in [0.1, 0.15) is 9.75 Å². The SMILES string of the molecule is O=C1NNC(=O)C2C1C1(Cl)C(Cl)=C(Cl)C2(Cl)C1(Cl)Cl. The van der Waals surface area contributed by atoms with Crippen LogP contribution in [0.15, 0.2) is 10.1 Å². The molecule has 0 radical (unpaired) electrons. The number of carbonyl (C=O) groups excluding carboxylic acids is 2. The fraction of sp³-hybridized carbons (Fsp3) is 0.556. The number of nitrogens with one attached hydrogen (secondary N) is 2. The third-order valence-corrected chi connectivity index (χ3v) is 8.07. The van der Waals surface area contributed by atoms with Crippen LogP contribution >= 0.6 is 69.6 Å². The van der Waals surface area contributed by atoms with E-state index in [-0.39, 0.29) is 10.1 Å². The predicted molar refractivity (Wildman–Crippen MR) is 73.6 cm³/mol. The zero-order valence-electron chi connectivity index (χ0n) is 8.74. The van der Waals surface area contributed by atoms with E-state index in [1.54, 1.807) is 0 Å². The highest BCUT2D eigenvalue weighted by atomic mass is 35.5. The number of amides is 2. The lowest BCUT2D eigenvalue weighted by Crippen LogP contribution is -2.62. The van der Waals surface area contributed by atoms with Crippen molar-refractivity contribution in [2.45, 2.75) is 14.1 Å². The number of alkyl halides is 4. The third-order valence-electron chi connectivity index (χ3n) is 3.81. The fourth-order valence-electron chi connectivity index (χ4n) is 2.93. The molecule has 0 aromatic carbocycles. The Bertz CT molecular complexity index is 517. The zero-order valence-corrected chi connectivity index (χ0v) is 13.3. The van der Waals surface area contributed by atoms with Gasteiger partial charge >= 0.3 is 0 Å². The fourth-order valence-corrected chi connectivity index (χ4v) is 5.87. The van der Waals surface area contributed by atoms with E-state index >= 15 is 0 Å². The zero-order chi connectivity index (χ0) is 14.4. The van der Waals surface area contributed by atoms with Crippen molar-refractivity contribution in [3.8, 4) is 0 Å². The summed E-state index contributed by atoms with van der Waals surface area (Å²) in [6.45, 7) is 0. The first kappa shape index (κ1) is 14.4. The van der Waals surface area contributed by atoms with Crippen molar-refractivity contribution in [2.24, 2.45) is 11.8 Å². The van der Waals surface area contributed by atoms with Crippen molar-refractivity contribution in [3.05, 3.63) is 10.1 Å². The number of hydrazine groups is 1. The maximum absolute atomic E-state index is 12.0. The molecular weight excluding hydrogens is 381 g/mol. The van der Waals surface area contributed by atoms with Gasteiger partial charge in [0.25, 0.3) is 0 Å². The summed E-state index contributed by atoms with van der Waals surface area (Å²) >= 11 is 37.4. The van der Waals surface area contributed by atoms with Crippen LogP contribution in [0.1, 0.15) is 0 Å². The Morgan fingerprint density at radius 3 is 1.42 bits per heavy atom. The van der Waals surface area contributed by atoms with Gasteiger partial charge in [0.15, 0.2) is 4.33 Å². The normalized spacial score (nSPS) is 47.1. The van der Waals surface area contributed by atoms with E-state index in [9.17, 15) is 9.59 Å². The van der Waals surface area contributed by atoms with Crippen molar-refractivity contribution in [2.75, 3.05) is 0 Å². The van der Waals surface area contributed by atoms with Gasteiger partial charge in [-0.05, 0) is 0 Å². The topological polar surface area (TPSA) is 58.2 Å². The van der Waals surface area contributed by atoms with Gasteiger partial charge in [-0.3, -0.25) is 20.4 Å². The van der Waals surface area contributed by atoms with E-state index in [4.69, 9.17) is 69.6 Å². The lowest BCUT2D eigenvalue weighted by molar-refractivity contribution is -0.143. The van der Waals surface area contributed by atoms with Crippen LogP contribution in [0.4, 0.5) is 0 Å². The Morgan fingerprint density at radius 1 is 0.789 bits per heavy atom. The summed E-state index contributed by atoms with van der Waals surface area (Å²) < 4.78 is -1.90. The van der Waals surface area contributed by atoms with Gasteiger partial charge in [0.2, 0.25) is 11.8 Å². The summed E-state index contributed by atoms with van der Waals surface area (Å²) in [7, 11) is 0. The maximum Gasteiger partial charge on any atom is 0.244 e. The minimum Gasteiger partial charge on any atom is -0.273 e. The van der Waals surface area contributed by atoms with Gasteiger partial charge in [-0.2, -0.15) is 0 Å². The first-order valence-corrected chi connectivity index (χ1v) is 7.30.